The third-order valence-corrected chi connectivity index (χ3v) is 4.63. The maximum atomic E-state index is 11.4. The molecule has 12 heteroatoms. The Hall–Kier alpha value is -2.86. The molecule has 0 aromatic rings. The van der Waals surface area contributed by atoms with Gasteiger partial charge in [-0.05, 0) is 12.8 Å². The van der Waals surface area contributed by atoms with Crippen molar-refractivity contribution in [2.75, 3.05) is 0 Å². The third-order valence-electron chi connectivity index (χ3n) is 4.63. The number of hydrogen-bond acceptors (Lipinski definition) is 8. The second-order valence-corrected chi connectivity index (χ2v) is 6.76. The molecule has 1 unspecified atom stereocenters. The highest BCUT2D eigenvalue weighted by molar-refractivity contribution is 6.02. The molecule has 4 amide bonds. The average molecular weight is 416 g/mol. The van der Waals surface area contributed by atoms with Crippen LogP contribution in [0.25, 0.3) is 0 Å². The smallest absolute Gasteiger partial charge is 0.317 e. The van der Waals surface area contributed by atoms with E-state index in [-0.39, 0.29) is 35.8 Å². The number of imide groups is 2. The summed E-state index contributed by atoms with van der Waals surface area (Å²) < 4.78 is 0. The summed E-state index contributed by atoms with van der Waals surface area (Å²) in [5, 5.41) is 35.2. The number of carbonyl (C=O) groups is 6. The summed E-state index contributed by atoms with van der Waals surface area (Å²) in [5.41, 5.74) is 0. The summed E-state index contributed by atoms with van der Waals surface area (Å²) in [6.45, 7) is 0. The number of amides is 4. The van der Waals surface area contributed by atoms with Crippen molar-refractivity contribution in [3.63, 3.8) is 0 Å². The summed E-state index contributed by atoms with van der Waals surface area (Å²) in [5.74, 6) is -6.69. The number of hydroxylamine groups is 4. The van der Waals surface area contributed by atoms with Gasteiger partial charge in [0.1, 0.15) is 0 Å². The van der Waals surface area contributed by atoms with Crippen molar-refractivity contribution in [3.05, 3.63) is 0 Å². The quantitative estimate of drug-likeness (QED) is 0.177. The van der Waals surface area contributed by atoms with E-state index in [0.717, 1.165) is 6.42 Å². The summed E-state index contributed by atoms with van der Waals surface area (Å²) in [6.07, 6.45) is 3.42. The molecule has 0 spiro atoms. The Morgan fingerprint density at radius 1 is 0.828 bits per heavy atom. The number of unbranched alkanes of at least 4 members (excludes halogenated alkanes) is 3. The molecule has 162 valence electrons. The lowest BCUT2D eigenvalue weighted by Gasteiger charge is -2.08. The van der Waals surface area contributed by atoms with Gasteiger partial charge >= 0.3 is 11.9 Å². The zero-order chi connectivity index (χ0) is 22.1. The van der Waals surface area contributed by atoms with Crippen molar-refractivity contribution >= 4 is 35.6 Å². The van der Waals surface area contributed by atoms with E-state index in [2.05, 4.69) is 0 Å². The van der Waals surface area contributed by atoms with Crippen LogP contribution in [-0.2, 0) is 28.8 Å². The minimum absolute atomic E-state index is 0.0232. The van der Waals surface area contributed by atoms with Crippen LogP contribution >= 0.6 is 0 Å². The molecule has 0 bridgehead atoms. The first kappa shape index (κ1) is 24.2. The van der Waals surface area contributed by atoms with Crippen LogP contribution in [0.3, 0.4) is 0 Å². The molecule has 0 radical (unpaired) electrons. The molecule has 12 nitrogen and oxygen atoms in total. The molecule has 2 fully saturated rings. The Labute approximate surface area is 165 Å². The Morgan fingerprint density at radius 2 is 1.34 bits per heavy atom. The summed E-state index contributed by atoms with van der Waals surface area (Å²) in [6, 6.07) is 0. The molecule has 0 aliphatic carbocycles. The number of carboxylic acid groups (broad SMARTS) is 2. The van der Waals surface area contributed by atoms with E-state index in [4.69, 9.17) is 20.6 Å². The SMILES string of the molecule is O=C(O)C(CCCCCCC1CC(=O)N(O)C1=O)C(=O)O.O=C1CCC(=O)N1O. The second kappa shape index (κ2) is 11.2. The number of rotatable bonds is 9. The van der Waals surface area contributed by atoms with E-state index in [1.54, 1.807) is 0 Å². The fraction of sp³-hybridized carbons (Fsp3) is 0.647. The van der Waals surface area contributed by atoms with Gasteiger partial charge in [0.05, 0.1) is 0 Å². The molecule has 0 aromatic carbocycles. The van der Waals surface area contributed by atoms with Gasteiger partial charge in [-0.3, -0.25) is 39.2 Å². The molecule has 2 saturated heterocycles. The van der Waals surface area contributed by atoms with Crippen molar-refractivity contribution in [3.8, 4) is 0 Å². The highest BCUT2D eigenvalue weighted by Gasteiger charge is 2.37. The van der Waals surface area contributed by atoms with Gasteiger partial charge in [-0.15, -0.1) is 0 Å². The first-order valence-corrected chi connectivity index (χ1v) is 9.12. The van der Waals surface area contributed by atoms with Gasteiger partial charge in [0.15, 0.2) is 5.92 Å². The number of carboxylic acids is 2. The van der Waals surface area contributed by atoms with E-state index in [9.17, 15) is 28.8 Å². The molecule has 2 heterocycles. The van der Waals surface area contributed by atoms with Crippen LogP contribution in [0.2, 0.25) is 0 Å². The molecule has 29 heavy (non-hydrogen) atoms. The standard InChI is InChI=1S/C13H19NO7.C4H5NO3/c15-10-7-8(11(16)14(10)21)5-3-1-2-4-6-9(12(17)18)13(19)20;6-3-1-2-4(7)5(3)8/h8-9,21H,1-7H2,(H,17,18)(H,19,20);8H,1-2H2. The lowest BCUT2D eigenvalue weighted by atomic mass is 9.97. The normalized spacial score (nSPS) is 19.1. The maximum Gasteiger partial charge on any atom is 0.317 e. The molecule has 2 aliphatic heterocycles. The van der Waals surface area contributed by atoms with E-state index in [1.165, 1.54) is 0 Å². The first-order chi connectivity index (χ1) is 13.6. The number of carbonyl (C=O) groups excluding carboxylic acids is 4. The van der Waals surface area contributed by atoms with E-state index < -0.39 is 47.4 Å². The van der Waals surface area contributed by atoms with Crippen molar-refractivity contribution < 1.29 is 49.4 Å². The molecular formula is C17H24N2O10. The maximum absolute atomic E-state index is 11.4. The molecule has 0 aromatic heterocycles. The molecule has 1 atom stereocenters. The van der Waals surface area contributed by atoms with Crippen molar-refractivity contribution in [1.29, 1.82) is 0 Å². The molecule has 2 rings (SSSR count). The van der Waals surface area contributed by atoms with Crippen LogP contribution in [0, 0.1) is 11.8 Å². The topological polar surface area (TPSA) is 190 Å². The summed E-state index contributed by atoms with van der Waals surface area (Å²) in [4.78, 5) is 64.3. The van der Waals surface area contributed by atoms with Gasteiger partial charge in [0, 0.05) is 25.2 Å². The molecule has 4 N–H and O–H groups in total. The van der Waals surface area contributed by atoms with Gasteiger partial charge in [0.2, 0.25) is 0 Å². The van der Waals surface area contributed by atoms with Crippen LogP contribution in [0.15, 0.2) is 0 Å². The zero-order valence-electron chi connectivity index (χ0n) is 15.7. The van der Waals surface area contributed by atoms with Crippen molar-refractivity contribution in [2.45, 2.75) is 57.8 Å². The van der Waals surface area contributed by atoms with E-state index in [0.29, 0.717) is 25.7 Å². The van der Waals surface area contributed by atoms with Crippen LogP contribution < -0.4 is 0 Å². The number of nitrogens with zero attached hydrogens (tertiary/aromatic N) is 2. The van der Waals surface area contributed by atoms with Gasteiger partial charge in [0.25, 0.3) is 23.6 Å². The fourth-order valence-corrected chi connectivity index (χ4v) is 2.92. The number of aliphatic carboxylic acids is 2. The highest BCUT2D eigenvalue weighted by atomic mass is 16.5. The highest BCUT2D eigenvalue weighted by Crippen LogP contribution is 2.24. The monoisotopic (exact) mass is 416 g/mol. The van der Waals surface area contributed by atoms with Crippen LogP contribution in [0.1, 0.15) is 57.8 Å². The van der Waals surface area contributed by atoms with E-state index in [1.807, 2.05) is 0 Å². The Kier molecular flexibility index (Phi) is 9.35. The van der Waals surface area contributed by atoms with Crippen LogP contribution in [0.4, 0.5) is 0 Å². The number of hydrogen-bond donors (Lipinski definition) is 4. The summed E-state index contributed by atoms with van der Waals surface area (Å²) >= 11 is 0. The molecular weight excluding hydrogens is 392 g/mol. The Balaban J connectivity index is 0.000000436. The third kappa shape index (κ3) is 7.23. The largest absolute Gasteiger partial charge is 0.481 e. The zero-order valence-corrected chi connectivity index (χ0v) is 15.7. The first-order valence-electron chi connectivity index (χ1n) is 9.12. The predicted molar refractivity (Wildman–Crippen MR) is 91.1 cm³/mol. The lowest BCUT2D eigenvalue weighted by molar-refractivity contribution is -0.172. The molecule has 2 aliphatic rings. The van der Waals surface area contributed by atoms with E-state index >= 15 is 0 Å². The van der Waals surface area contributed by atoms with Crippen LogP contribution in [-0.4, -0.2) is 66.3 Å². The Morgan fingerprint density at radius 3 is 1.72 bits per heavy atom. The predicted octanol–water partition coefficient (Wildman–Crippen LogP) is 0.401. The average Bonchev–Trinajstić information content (AvgIpc) is 3.08. The Bertz CT molecular complexity index is 647. The van der Waals surface area contributed by atoms with Crippen molar-refractivity contribution in [1.82, 2.24) is 10.1 Å². The fourth-order valence-electron chi connectivity index (χ4n) is 2.92. The van der Waals surface area contributed by atoms with Gasteiger partial charge in [-0.1, -0.05) is 25.7 Å². The van der Waals surface area contributed by atoms with Gasteiger partial charge in [-0.25, -0.2) is 0 Å². The van der Waals surface area contributed by atoms with Crippen LogP contribution in [0.5, 0.6) is 0 Å². The molecule has 0 saturated carbocycles. The lowest BCUT2D eigenvalue weighted by Crippen LogP contribution is -2.26. The second-order valence-electron chi connectivity index (χ2n) is 6.76. The van der Waals surface area contributed by atoms with Gasteiger partial charge in [-0.2, -0.15) is 10.1 Å². The van der Waals surface area contributed by atoms with Crippen molar-refractivity contribution in [2.24, 2.45) is 11.8 Å². The summed E-state index contributed by atoms with van der Waals surface area (Å²) in [7, 11) is 0. The van der Waals surface area contributed by atoms with Gasteiger partial charge < -0.3 is 10.2 Å². The minimum Gasteiger partial charge on any atom is -0.481 e. The minimum atomic E-state index is -1.37.